The Morgan fingerprint density at radius 2 is 1.74 bits per heavy atom. The summed E-state index contributed by atoms with van der Waals surface area (Å²) in [6, 6.07) is -1.66. The highest BCUT2D eigenvalue weighted by molar-refractivity contribution is 5.88. The Morgan fingerprint density at radius 3 is 2.21 bits per heavy atom. The van der Waals surface area contributed by atoms with E-state index in [9.17, 15) is 14.4 Å². The van der Waals surface area contributed by atoms with E-state index in [-0.39, 0.29) is 6.61 Å². The molecule has 7 nitrogen and oxygen atoms in total. The minimum absolute atomic E-state index is 0.235. The van der Waals surface area contributed by atoms with Gasteiger partial charge in [-0.2, -0.15) is 0 Å². The zero-order chi connectivity index (χ0) is 14.5. The van der Waals surface area contributed by atoms with Crippen LogP contribution >= 0.6 is 0 Å². The Morgan fingerprint density at radius 1 is 1.21 bits per heavy atom. The van der Waals surface area contributed by atoms with Gasteiger partial charge in [0.15, 0.2) is 11.9 Å². The normalized spacial score (nSPS) is 23.5. The van der Waals surface area contributed by atoms with Gasteiger partial charge in [0.25, 0.3) is 0 Å². The van der Waals surface area contributed by atoms with Gasteiger partial charge >= 0.3 is 11.9 Å². The molecule has 7 heteroatoms. The smallest absolute Gasteiger partial charge is 0.326 e. The summed E-state index contributed by atoms with van der Waals surface area (Å²) in [5, 5.41) is 5.81. The largest absolute Gasteiger partial charge is 0.465 e. The van der Waals surface area contributed by atoms with Crippen LogP contribution in [0, 0.1) is 0 Å². The molecule has 1 fully saturated rings. The second kappa shape index (κ2) is 6.63. The molecule has 0 bridgehead atoms. The van der Waals surface area contributed by atoms with Crippen LogP contribution in [0.25, 0.3) is 0 Å². The SMILES string of the molecule is CCOC(=O)C1NCCNC1C(=O)OC(C)(C)C=O. The Bertz CT molecular complexity index is 356. The van der Waals surface area contributed by atoms with Crippen LogP contribution in [0.15, 0.2) is 0 Å². The van der Waals surface area contributed by atoms with E-state index in [2.05, 4.69) is 10.6 Å². The maximum atomic E-state index is 12.0. The van der Waals surface area contributed by atoms with Crippen molar-refractivity contribution >= 4 is 18.2 Å². The van der Waals surface area contributed by atoms with Gasteiger partial charge in [0.1, 0.15) is 12.1 Å². The van der Waals surface area contributed by atoms with E-state index >= 15 is 0 Å². The summed E-state index contributed by atoms with van der Waals surface area (Å²) in [6.07, 6.45) is 0.542. The molecule has 1 saturated heterocycles. The number of aldehydes is 1. The summed E-state index contributed by atoms with van der Waals surface area (Å²) < 4.78 is 9.97. The molecule has 1 rings (SSSR count). The first-order valence-electron chi connectivity index (χ1n) is 6.24. The molecule has 0 amide bonds. The topological polar surface area (TPSA) is 93.7 Å². The Labute approximate surface area is 112 Å². The van der Waals surface area contributed by atoms with Crippen molar-refractivity contribution in [2.75, 3.05) is 19.7 Å². The monoisotopic (exact) mass is 272 g/mol. The van der Waals surface area contributed by atoms with Gasteiger partial charge < -0.3 is 20.1 Å². The molecule has 2 atom stereocenters. The number of nitrogens with one attached hydrogen (secondary N) is 2. The van der Waals surface area contributed by atoms with E-state index in [4.69, 9.17) is 9.47 Å². The number of piperazine rings is 1. The van der Waals surface area contributed by atoms with E-state index < -0.39 is 29.6 Å². The average Bonchev–Trinajstić information content (AvgIpc) is 2.38. The van der Waals surface area contributed by atoms with Crippen molar-refractivity contribution in [2.24, 2.45) is 0 Å². The number of hydrogen-bond acceptors (Lipinski definition) is 7. The summed E-state index contributed by atoms with van der Waals surface area (Å²) in [7, 11) is 0. The fourth-order valence-corrected chi connectivity index (χ4v) is 1.71. The van der Waals surface area contributed by atoms with Crippen LogP contribution in [0.5, 0.6) is 0 Å². The van der Waals surface area contributed by atoms with Gasteiger partial charge in [-0.25, -0.2) is 0 Å². The van der Waals surface area contributed by atoms with E-state index in [1.54, 1.807) is 6.92 Å². The zero-order valence-corrected chi connectivity index (χ0v) is 11.4. The predicted molar refractivity (Wildman–Crippen MR) is 66.4 cm³/mol. The number of carbonyl (C=O) groups is 3. The van der Waals surface area contributed by atoms with Crippen molar-refractivity contribution in [1.29, 1.82) is 0 Å². The van der Waals surface area contributed by atoms with Gasteiger partial charge in [0.05, 0.1) is 6.61 Å². The molecule has 19 heavy (non-hydrogen) atoms. The number of carbonyl (C=O) groups excluding carboxylic acids is 3. The van der Waals surface area contributed by atoms with Crippen molar-refractivity contribution in [1.82, 2.24) is 10.6 Å². The molecule has 0 aromatic carbocycles. The molecule has 0 aliphatic carbocycles. The number of rotatable bonds is 5. The second-order valence-corrected chi connectivity index (χ2v) is 4.76. The van der Waals surface area contributed by atoms with Crippen LogP contribution in [0.2, 0.25) is 0 Å². The fourth-order valence-electron chi connectivity index (χ4n) is 1.71. The zero-order valence-electron chi connectivity index (χ0n) is 11.4. The molecule has 1 aliphatic rings. The number of ether oxygens (including phenoxy) is 2. The molecular formula is C12H20N2O5. The summed E-state index contributed by atoms with van der Waals surface area (Å²) in [5.74, 6) is -1.16. The van der Waals surface area contributed by atoms with E-state index in [0.717, 1.165) is 0 Å². The van der Waals surface area contributed by atoms with Gasteiger partial charge in [-0.3, -0.25) is 14.4 Å². The third-order valence-electron chi connectivity index (χ3n) is 2.63. The fraction of sp³-hybridized carbons (Fsp3) is 0.750. The molecular weight excluding hydrogens is 252 g/mol. The van der Waals surface area contributed by atoms with Crippen LogP contribution in [0.3, 0.4) is 0 Å². The molecule has 0 aromatic rings. The van der Waals surface area contributed by atoms with Crippen molar-refractivity contribution in [2.45, 2.75) is 38.5 Å². The molecule has 108 valence electrons. The standard InChI is InChI=1S/C12H20N2O5/c1-4-18-10(16)8-9(14-6-5-13-8)11(17)19-12(2,3)7-15/h7-9,13-14H,4-6H2,1-3H3. The lowest BCUT2D eigenvalue weighted by atomic mass is 10.1. The van der Waals surface area contributed by atoms with Gasteiger partial charge in [-0.05, 0) is 20.8 Å². The molecule has 2 unspecified atom stereocenters. The first kappa shape index (κ1) is 15.6. The van der Waals surface area contributed by atoms with Crippen molar-refractivity contribution in [3.05, 3.63) is 0 Å². The average molecular weight is 272 g/mol. The first-order valence-corrected chi connectivity index (χ1v) is 6.24. The van der Waals surface area contributed by atoms with E-state index in [0.29, 0.717) is 19.4 Å². The lowest BCUT2D eigenvalue weighted by Gasteiger charge is -2.32. The van der Waals surface area contributed by atoms with Crippen LogP contribution < -0.4 is 10.6 Å². The quantitative estimate of drug-likeness (QED) is 0.489. The molecule has 0 radical (unpaired) electrons. The minimum atomic E-state index is -1.21. The van der Waals surface area contributed by atoms with Gasteiger partial charge in [-0.1, -0.05) is 0 Å². The predicted octanol–water partition coefficient (Wildman–Crippen LogP) is -1.000. The number of hydrogen-bond donors (Lipinski definition) is 2. The van der Waals surface area contributed by atoms with Crippen molar-refractivity contribution in [3.8, 4) is 0 Å². The Kier molecular flexibility index (Phi) is 5.44. The minimum Gasteiger partial charge on any atom is -0.465 e. The summed E-state index contributed by atoms with van der Waals surface area (Å²) in [6.45, 7) is 5.96. The van der Waals surface area contributed by atoms with Crippen LogP contribution in [0.4, 0.5) is 0 Å². The van der Waals surface area contributed by atoms with Crippen LogP contribution in [-0.2, 0) is 23.9 Å². The summed E-state index contributed by atoms with van der Waals surface area (Å²) >= 11 is 0. The molecule has 0 aromatic heterocycles. The summed E-state index contributed by atoms with van der Waals surface area (Å²) in [5.41, 5.74) is -1.21. The van der Waals surface area contributed by atoms with E-state index in [1.165, 1.54) is 13.8 Å². The van der Waals surface area contributed by atoms with Gasteiger partial charge in [0.2, 0.25) is 0 Å². The molecule has 0 spiro atoms. The highest BCUT2D eigenvalue weighted by Gasteiger charge is 2.39. The van der Waals surface area contributed by atoms with Crippen molar-refractivity contribution in [3.63, 3.8) is 0 Å². The molecule has 1 heterocycles. The highest BCUT2D eigenvalue weighted by atomic mass is 16.6. The Hall–Kier alpha value is -1.47. The van der Waals surface area contributed by atoms with Gasteiger partial charge in [-0.15, -0.1) is 0 Å². The maximum absolute atomic E-state index is 12.0. The molecule has 2 N–H and O–H groups in total. The lowest BCUT2D eigenvalue weighted by Crippen LogP contribution is -2.63. The first-order chi connectivity index (χ1) is 8.91. The summed E-state index contributed by atoms with van der Waals surface area (Å²) in [4.78, 5) is 34.5. The highest BCUT2D eigenvalue weighted by Crippen LogP contribution is 2.10. The Balaban J connectivity index is 2.73. The maximum Gasteiger partial charge on any atom is 0.326 e. The van der Waals surface area contributed by atoms with Gasteiger partial charge in [0, 0.05) is 13.1 Å². The second-order valence-electron chi connectivity index (χ2n) is 4.76. The van der Waals surface area contributed by atoms with Crippen LogP contribution in [-0.4, -0.2) is 55.6 Å². The lowest BCUT2D eigenvalue weighted by molar-refractivity contribution is -0.166. The van der Waals surface area contributed by atoms with Crippen LogP contribution in [0.1, 0.15) is 20.8 Å². The third kappa shape index (κ3) is 4.29. The molecule has 1 aliphatic heterocycles. The number of esters is 2. The molecule has 0 saturated carbocycles. The van der Waals surface area contributed by atoms with Crippen molar-refractivity contribution < 1.29 is 23.9 Å². The van der Waals surface area contributed by atoms with E-state index in [1.807, 2.05) is 0 Å². The third-order valence-corrected chi connectivity index (χ3v) is 2.63.